The van der Waals surface area contributed by atoms with E-state index < -0.39 is 27.4 Å². The van der Waals surface area contributed by atoms with E-state index in [1.165, 1.54) is 0 Å². The lowest BCUT2D eigenvalue weighted by Gasteiger charge is -2.30. The van der Waals surface area contributed by atoms with Gasteiger partial charge in [-0.1, -0.05) is 78.9 Å². The van der Waals surface area contributed by atoms with E-state index in [0.29, 0.717) is 36.4 Å². The second-order valence-electron chi connectivity index (χ2n) is 10.4. The maximum absolute atomic E-state index is 14.2. The number of aliphatic imine (C=N–C) groups is 1. The molecule has 5 rings (SSSR count). The van der Waals surface area contributed by atoms with Crippen LogP contribution in [-0.4, -0.2) is 49.8 Å². The van der Waals surface area contributed by atoms with Gasteiger partial charge in [0.25, 0.3) is 5.91 Å². The summed E-state index contributed by atoms with van der Waals surface area (Å²) in [6.07, 6.45) is -0.518. The van der Waals surface area contributed by atoms with Crippen molar-refractivity contribution >= 4 is 21.6 Å². The van der Waals surface area contributed by atoms with Crippen LogP contribution in [0.15, 0.2) is 125 Å². The molecule has 0 saturated heterocycles. The number of amides is 1. The smallest absolute Gasteiger partial charge is 0.266 e. The predicted molar refractivity (Wildman–Crippen MR) is 168 cm³/mol. The third-order valence-corrected chi connectivity index (χ3v) is 9.06. The van der Waals surface area contributed by atoms with E-state index in [0.717, 1.165) is 5.56 Å². The zero-order valence-electron chi connectivity index (χ0n) is 24.1. The van der Waals surface area contributed by atoms with Gasteiger partial charge in [0.05, 0.1) is 17.3 Å². The molecule has 228 valence electrons. The summed E-state index contributed by atoms with van der Waals surface area (Å²) in [6.45, 7) is 0.766. The Hall–Kier alpha value is -4.51. The van der Waals surface area contributed by atoms with Gasteiger partial charge in [0.1, 0.15) is 5.75 Å². The van der Waals surface area contributed by atoms with E-state index in [4.69, 9.17) is 19.6 Å². The molecule has 4 aromatic rings. The summed E-state index contributed by atoms with van der Waals surface area (Å²) in [7, 11) is -3.75. The molecule has 0 radical (unpaired) electrons. The van der Waals surface area contributed by atoms with Crippen LogP contribution in [0.5, 0.6) is 5.75 Å². The number of carbonyl (C=O) groups is 1. The fraction of sp³-hybridized carbons (Fsp3) is 0.235. The first-order valence-electron chi connectivity index (χ1n) is 14.4. The number of nitrogens with one attached hydrogen (secondary N) is 2. The van der Waals surface area contributed by atoms with Gasteiger partial charge >= 0.3 is 0 Å². The standard InChI is InChI=1S/C34H35N3O6S/c38-22-10-23-42-29-19-17-28(18-20-29)32-36-34(31(43-32)27-13-6-2-7-14-27,21-24-44(40,41)30-15-8-3-9-16-30)33(39)37-35-25-26-11-4-1-5-12-26/h1-9,11-20,31,35,38H,10,21-25H2,(H,37,39)/t31-,34-/m0/s1. The van der Waals surface area contributed by atoms with Crippen LogP contribution in [0.25, 0.3) is 0 Å². The van der Waals surface area contributed by atoms with Crippen molar-refractivity contribution in [2.24, 2.45) is 4.99 Å². The molecule has 0 bridgehead atoms. The van der Waals surface area contributed by atoms with E-state index in [2.05, 4.69) is 10.9 Å². The zero-order valence-corrected chi connectivity index (χ0v) is 25.0. The Morgan fingerprint density at radius 1 is 0.886 bits per heavy atom. The Labute approximate surface area is 257 Å². The largest absolute Gasteiger partial charge is 0.494 e. The van der Waals surface area contributed by atoms with Gasteiger partial charge in [0.15, 0.2) is 21.5 Å². The van der Waals surface area contributed by atoms with E-state index in [1.807, 2.05) is 60.7 Å². The fourth-order valence-electron chi connectivity index (χ4n) is 4.96. The molecule has 1 aliphatic rings. The third-order valence-electron chi connectivity index (χ3n) is 7.32. The second kappa shape index (κ2) is 14.3. The van der Waals surface area contributed by atoms with Crippen LogP contribution in [0.2, 0.25) is 0 Å². The molecule has 0 aromatic heterocycles. The minimum absolute atomic E-state index is 0.0357. The van der Waals surface area contributed by atoms with Crippen molar-refractivity contribution in [2.75, 3.05) is 19.0 Å². The molecule has 3 N–H and O–H groups in total. The molecule has 2 atom stereocenters. The Morgan fingerprint density at radius 2 is 1.52 bits per heavy atom. The van der Waals surface area contributed by atoms with Crippen molar-refractivity contribution in [3.63, 3.8) is 0 Å². The summed E-state index contributed by atoms with van der Waals surface area (Å²) in [5.74, 6) is -0.00593. The van der Waals surface area contributed by atoms with Crippen molar-refractivity contribution in [2.45, 2.75) is 35.9 Å². The topological polar surface area (TPSA) is 126 Å². The third kappa shape index (κ3) is 7.34. The number of hydrogen-bond acceptors (Lipinski definition) is 8. The quantitative estimate of drug-likeness (QED) is 0.142. The number of aliphatic hydroxyl groups is 1. The van der Waals surface area contributed by atoms with Crippen LogP contribution >= 0.6 is 0 Å². The first-order valence-corrected chi connectivity index (χ1v) is 16.1. The number of rotatable bonds is 14. The Bertz CT molecular complexity index is 1650. The summed E-state index contributed by atoms with van der Waals surface area (Å²) >= 11 is 0. The average Bonchev–Trinajstić information content (AvgIpc) is 3.47. The van der Waals surface area contributed by atoms with Gasteiger partial charge in [-0.25, -0.2) is 18.8 Å². The van der Waals surface area contributed by atoms with Crippen molar-refractivity contribution in [1.82, 2.24) is 10.9 Å². The monoisotopic (exact) mass is 613 g/mol. The van der Waals surface area contributed by atoms with Gasteiger partial charge in [0.2, 0.25) is 5.90 Å². The molecule has 9 nitrogen and oxygen atoms in total. The highest BCUT2D eigenvalue weighted by Gasteiger charge is 2.53. The highest BCUT2D eigenvalue weighted by atomic mass is 32.2. The van der Waals surface area contributed by atoms with Crippen LogP contribution in [-0.2, 0) is 25.9 Å². The van der Waals surface area contributed by atoms with Crippen molar-refractivity contribution < 1.29 is 27.8 Å². The normalized spacial score (nSPS) is 17.8. The molecule has 44 heavy (non-hydrogen) atoms. The molecule has 1 amide bonds. The first kappa shape index (κ1) is 30.9. The SMILES string of the molecule is O=C(NNCc1ccccc1)[C@@]1(CCS(=O)(=O)c2ccccc2)N=C(c2ccc(OCCCO)cc2)O[C@H]1c1ccccc1. The minimum atomic E-state index is -3.75. The van der Waals surface area contributed by atoms with Gasteiger partial charge in [-0.05, 0) is 47.5 Å². The van der Waals surface area contributed by atoms with Crippen molar-refractivity contribution in [3.8, 4) is 5.75 Å². The lowest BCUT2D eigenvalue weighted by Crippen LogP contribution is -2.53. The first-order chi connectivity index (χ1) is 21.4. The molecule has 0 spiro atoms. The van der Waals surface area contributed by atoms with Gasteiger partial charge in [0, 0.05) is 31.6 Å². The molecule has 1 heterocycles. The summed E-state index contributed by atoms with van der Waals surface area (Å²) < 4.78 is 38.9. The number of hydrogen-bond donors (Lipinski definition) is 3. The Kier molecular flexibility index (Phi) is 10.1. The lowest BCUT2D eigenvalue weighted by molar-refractivity contribution is -0.130. The predicted octanol–water partition coefficient (Wildman–Crippen LogP) is 4.39. The van der Waals surface area contributed by atoms with Crippen LogP contribution in [0.4, 0.5) is 0 Å². The molecule has 4 aromatic carbocycles. The molecule has 0 saturated carbocycles. The summed E-state index contributed by atoms with van der Waals surface area (Å²) in [5, 5.41) is 9.03. The van der Waals surface area contributed by atoms with E-state index in [-0.39, 0.29) is 29.6 Å². The Morgan fingerprint density at radius 3 is 2.18 bits per heavy atom. The number of ether oxygens (including phenoxy) is 2. The molecule has 1 aliphatic heterocycles. The van der Waals surface area contributed by atoms with Gasteiger partial charge in [-0.3, -0.25) is 10.2 Å². The Balaban J connectivity index is 1.49. The van der Waals surface area contributed by atoms with E-state index in [9.17, 15) is 13.2 Å². The number of aliphatic hydroxyl groups excluding tert-OH is 1. The number of carbonyl (C=O) groups excluding carboxylic acids is 1. The minimum Gasteiger partial charge on any atom is -0.494 e. The molecule has 0 aliphatic carbocycles. The van der Waals surface area contributed by atoms with Crippen LogP contribution in [0.1, 0.15) is 35.6 Å². The molecule has 0 unspecified atom stereocenters. The van der Waals surface area contributed by atoms with E-state index >= 15 is 0 Å². The second-order valence-corrected chi connectivity index (χ2v) is 12.5. The van der Waals surface area contributed by atoms with Crippen LogP contribution in [0.3, 0.4) is 0 Å². The van der Waals surface area contributed by atoms with Gasteiger partial charge < -0.3 is 14.6 Å². The van der Waals surface area contributed by atoms with E-state index in [1.54, 1.807) is 54.6 Å². The zero-order chi connectivity index (χ0) is 30.8. The van der Waals surface area contributed by atoms with Gasteiger partial charge in [-0.2, -0.15) is 0 Å². The number of benzene rings is 4. The molecular weight excluding hydrogens is 578 g/mol. The number of hydrazine groups is 1. The van der Waals surface area contributed by atoms with Gasteiger partial charge in [-0.15, -0.1) is 0 Å². The highest BCUT2D eigenvalue weighted by Crippen LogP contribution is 2.43. The van der Waals surface area contributed by atoms with Crippen LogP contribution in [0, 0.1) is 0 Å². The molecular formula is C34H35N3O6S. The fourth-order valence-corrected chi connectivity index (χ4v) is 6.35. The summed E-state index contributed by atoms with van der Waals surface area (Å²) in [4.78, 5) is 19.2. The summed E-state index contributed by atoms with van der Waals surface area (Å²) in [6, 6.07) is 34.1. The summed E-state index contributed by atoms with van der Waals surface area (Å²) in [5.41, 5.74) is 6.41. The van der Waals surface area contributed by atoms with Crippen molar-refractivity contribution in [3.05, 3.63) is 132 Å². The number of nitrogens with zero attached hydrogens (tertiary/aromatic N) is 1. The lowest BCUT2D eigenvalue weighted by atomic mass is 9.85. The van der Waals surface area contributed by atoms with Crippen LogP contribution < -0.4 is 15.6 Å². The maximum Gasteiger partial charge on any atom is 0.266 e. The van der Waals surface area contributed by atoms with Crippen molar-refractivity contribution in [1.29, 1.82) is 0 Å². The maximum atomic E-state index is 14.2. The average molecular weight is 614 g/mol. The molecule has 0 fully saturated rings. The highest BCUT2D eigenvalue weighted by molar-refractivity contribution is 7.91. The number of sulfone groups is 1. The molecule has 10 heteroatoms.